The molecule has 0 amide bonds. The smallest absolute Gasteiger partial charge is 0.403 e. The van der Waals surface area contributed by atoms with Crippen LogP contribution in [0.25, 0.3) is 0 Å². The molecule has 0 bridgehead atoms. The minimum Gasteiger partial charge on any atom is -0.507 e. The van der Waals surface area contributed by atoms with Gasteiger partial charge >= 0.3 is 6.18 Å². The number of nitrogens with two attached hydrogens (primary N) is 1. The van der Waals surface area contributed by atoms with E-state index in [9.17, 15) is 18.3 Å². The molecular weight excluding hydrogens is 219 g/mol. The van der Waals surface area contributed by atoms with Crippen molar-refractivity contribution in [2.24, 2.45) is 5.73 Å². The highest BCUT2D eigenvalue weighted by atomic mass is 19.4. The zero-order valence-corrected chi connectivity index (χ0v) is 9.10. The number of hydrogen-bond donors (Lipinski definition) is 2. The predicted molar refractivity (Wildman–Crippen MR) is 55.3 cm³/mol. The standard InChI is InChI=1S/C11H14F3NO/c1-6-3-8(4-7(2)10(6)16)5-9(15)11(12,13)14/h3-4,9,16H,5,15H2,1-2H3. The number of aryl methyl sites for hydroxylation is 2. The average Bonchev–Trinajstić information content (AvgIpc) is 2.12. The van der Waals surface area contributed by atoms with Crippen molar-refractivity contribution in [1.82, 2.24) is 0 Å². The summed E-state index contributed by atoms with van der Waals surface area (Å²) in [6, 6.07) is 1.18. The fourth-order valence-corrected chi connectivity index (χ4v) is 1.53. The Bertz CT molecular complexity index is 364. The number of rotatable bonds is 2. The van der Waals surface area contributed by atoms with Gasteiger partial charge in [0.15, 0.2) is 0 Å². The van der Waals surface area contributed by atoms with Gasteiger partial charge in [-0.1, -0.05) is 12.1 Å². The van der Waals surface area contributed by atoms with Gasteiger partial charge in [0.1, 0.15) is 11.8 Å². The first-order valence-corrected chi connectivity index (χ1v) is 4.83. The lowest BCUT2D eigenvalue weighted by Crippen LogP contribution is -2.39. The molecule has 0 aliphatic heterocycles. The molecule has 2 nitrogen and oxygen atoms in total. The molecular formula is C11H14F3NO. The van der Waals surface area contributed by atoms with Crippen molar-refractivity contribution < 1.29 is 18.3 Å². The molecule has 0 saturated carbocycles. The summed E-state index contributed by atoms with van der Waals surface area (Å²) in [5, 5.41) is 9.47. The molecule has 3 N–H and O–H groups in total. The van der Waals surface area contributed by atoms with Crippen LogP contribution in [0, 0.1) is 13.8 Å². The van der Waals surface area contributed by atoms with Crippen molar-refractivity contribution in [1.29, 1.82) is 0 Å². The van der Waals surface area contributed by atoms with E-state index in [0.717, 1.165) is 0 Å². The van der Waals surface area contributed by atoms with E-state index >= 15 is 0 Å². The first-order chi connectivity index (χ1) is 7.21. The fourth-order valence-electron chi connectivity index (χ4n) is 1.53. The monoisotopic (exact) mass is 233 g/mol. The van der Waals surface area contributed by atoms with Gasteiger partial charge in [-0.25, -0.2) is 0 Å². The van der Waals surface area contributed by atoms with Crippen LogP contribution >= 0.6 is 0 Å². The molecule has 0 heterocycles. The minimum atomic E-state index is -4.39. The van der Waals surface area contributed by atoms with Crippen LogP contribution in [0.3, 0.4) is 0 Å². The molecule has 1 rings (SSSR count). The third kappa shape index (κ3) is 2.88. The number of aromatic hydroxyl groups is 1. The van der Waals surface area contributed by atoms with E-state index in [1.807, 2.05) is 0 Å². The number of phenolic OH excluding ortho intramolecular Hbond substituents is 1. The van der Waals surface area contributed by atoms with Crippen molar-refractivity contribution in [2.45, 2.75) is 32.5 Å². The number of halogens is 3. The highest BCUT2D eigenvalue weighted by Gasteiger charge is 2.36. The molecule has 1 unspecified atom stereocenters. The van der Waals surface area contributed by atoms with Crippen LogP contribution in [-0.2, 0) is 6.42 Å². The van der Waals surface area contributed by atoms with Gasteiger partial charge in [-0.2, -0.15) is 13.2 Å². The largest absolute Gasteiger partial charge is 0.507 e. The molecule has 0 fully saturated rings. The molecule has 1 aromatic rings. The molecule has 0 saturated heterocycles. The molecule has 16 heavy (non-hydrogen) atoms. The lowest BCUT2D eigenvalue weighted by atomic mass is 10.0. The van der Waals surface area contributed by atoms with Crippen LogP contribution in [0.15, 0.2) is 12.1 Å². The van der Waals surface area contributed by atoms with Crippen molar-refractivity contribution in [2.75, 3.05) is 0 Å². The summed E-state index contributed by atoms with van der Waals surface area (Å²) in [5.41, 5.74) is 6.64. The Kier molecular flexibility index (Phi) is 3.48. The molecule has 90 valence electrons. The molecule has 0 spiro atoms. The predicted octanol–water partition coefficient (Wildman–Crippen LogP) is 2.44. The number of alkyl halides is 3. The van der Waals surface area contributed by atoms with E-state index < -0.39 is 12.2 Å². The summed E-state index contributed by atoms with van der Waals surface area (Å²) >= 11 is 0. The lowest BCUT2D eigenvalue weighted by molar-refractivity contribution is -0.147. The summed E-state index contributed by atoms with van der Waals surface area (Å²) in [5.74, 6) is 0.115. The lowest BCUT2D eigenvalue weighted by Gasteiger charge is -2.16. The van der Waals surface area contributed by atoms with Crippen LogP contribution in [0.5, 0.6) is 5.75 Å². The first kappa shape index (κ1) is 12.8. The van der Waals surface area contributed by atoms with Gasteiger partial charge in [0.05, 0.1) is 0 Å². The third-order valence-electron chi connectivity index (χ3n) is 2.43. The Morgan fingerprint density at radius 3 is 2.06 bits per heavy atom. The summed E-state index contributed by atoms with van der Waals surface area (Å²) in [6.45, 7) is 3.29. The Hall–Kier alpha value is -1.23. The molecule has 0 radical (unpaired) electrons. The van der Waals surface area contributed by atoms with Crippen LogP contribution in [-0.4, -0.2) is 17.3 Å². The SMILES string of the molecule is Cc1cc(CC(N)C(F)(F)F)cc(C)c1O. The second kappa shape index (κ2) is 4.33. The molecule has 1 atom stereocenters. The number of benzene rings is 1. The minimum absolute atomic E-state index is 0.115. The normalized spacial score (nSPS) is 13.9. The van der Waals surface area contributed by atoms with Gasteiger partial charge in [0, 0.05) is 0 Å². The van der Waals surface area contributed by atoms with Crippen molar-refractivity contribution in [3.8, 4) is 5.75 Å². The third-order valence-corrected chi connectivity index (χ3v) is 2.43. The van der Waals surface area contributed by atoms with Gasteiger partial charge in [0.2, 0.25) is 0 Å². The molecule has 0 aliphatic rings. The van der Waals surface area contributed by atoms with E-state index in [1.54, 1.807) is 13.8 Å². The van der Waals surface area contributed by atoms with Gasteiger partial charge in [-0.3, -0.25) is 0 Å². The topological polar surface area (TPSA) is 46.2 Å². The van der Waals surface area contributed by atoms with E-state index in [1.165, 1.54) is 12.1 Å². The summed E-state index contributed by atoms with van der Waals surface area (Å²) in [6.07, 6.45) is -4.66. The van der Waals surface area contributed by atoms with Crippen LogP contribution in [0.2, 0.25) is 0 Å². The fraction of sp³-hybridized carbons (Fsp3) is 0.455. The number of phenols is 1. The highest BCUT2D eigenvalue weighted by Crippen LogP contribution is 2.26. The second-order valence-electron chi connectivity index (χ2n) is 3.93. The van der Waals surface area contributed by atoms with Crippen molar-refractivity contribution in [3.05, 3.63) is 28.8 Å². The average molecular weight is 233 g/mol. The Balaban J connectivity index is 2.91. The highest BCUT2D eigenvalue weighted by molar-refractivity contribution is 5.42. The molecule has 1 aromatic carbocycles. The Morgan fingerprint density at radius 1 is 1.25 bits per heavy atom. The van der Waals surface area contributed by atoms with Gasteiger partial charge < -0.3 is 10.8 Å². The zero-order valence-electron chi connectivity index (χ0n) is 9.10. The number of hydrogen-bond acceptors (Lipinski definition) is 2. The zero-order chi connectivity index (χ0) is 12.5. The summed E-state index contributed by atoms with van der Waals surface area (Å²) in [4.78, 5) is 0. The Morgan fingerprint density at radius 2 is 1.69 bits per heavy atom. The van der Waals surface area contributed by atoms with Gasteiger partial charge in [-0.15, -0.1) is 0 Å². The van der Waals surface area contributed by atoms with E-state index in [4.69, 9.17) is 5.73 Å². The summed E-state index contributed by atoms with van der Waals surface area (Å²) < 4.78 is 36.7. The van der Waals surface area contributed by atoms with Crippen LogP contribution in [0.1, 0.15) is 16.7 Å². The maximum Gasteiger partial charge on any atom is 0.403 e. The van der Waals surface area contributed by atoms with E-state index in [0.29, 0.717) is 16.7 Å². The van der Waals surface area contributed by atoms with Crippen LogP contribution in [0.4, 0.5) is 13.2 Å². The van der Waals surface area contributed by atoms with Crippen molar-refractivity contribution >= 4 is 0 Å². The maximum absolute atomic E-state index is 12.2. The second-order valence-corrected chi connectivity index (χ2v) is 3.93. The summed E-state index contributed by atoms with van der Waals surface area (Å²) in [7, 11) is 0. The quantitative estimate of drug-likeness (QED) is 0.824. The van der Waals surface area contributed by atoms with Gasteiger partial charge in [0.25, 0.3) is 0 Å². The van der Waals surface area contributed by atoms with E-state index in [2.05, 4.69) is 0 Å². The molecule has 0 aromatic heterocycles. The maximum atomic E-state index is 12.2. The van der Waals surface area contributed by atoms with E-state index in [-0.39, 0.29) is 12.2 Å². The Labute approximate surface area is 91.9 Å². The van der Waals surface area contributed by atoms with Crippen molar-refractivity contribution in [3.63, 3.8) is 0 Å². The van der Waals surface area contributed by atoms with Gasteiger partial charge in [-0.05, 0) is 37.0 Å². The first-order valence-electron chi connectivity index (χ1n) is 4.83. The molecule has 0 aliphatic carbocycles. The van der Waals surface area contributed by atoms with Crippen LogP contribution < -0.4 is 5.73 Å². The molecule has 5 heteroatoms.